The molecule has 92 valence electrons. The Morgan fingerprint density at radius 2 is 2.06 bits per heavy atom. The zero-order valence-corrected chi connectivity index (χ0v) is 10.0. The van der Waals surface area contributed by atoms with Crippen molar-refractivity contribution >= 4 is 29.5 Å². The molecule has 0 aliphatic carbocycles. The quantitative estimate of drug-likeness (QED) is 0.570. The van der Waals surface area contributed by atoms with Crippen molar-refractivity contribution < 1.29 is 22.7 Å². The Bertz CT molecular complexity index is 270. The molecule has 0 saturated carbocycles. The maximum absolute atomic E-state index is 12.1. The van der Waals surface area contributed by atoms with E-state index in [1.807, 2.05) is 0 Å². The van der Waals surface area contributed by atoms with Crippen LogP contribution in [-0.4, -0.2) is 34.8 Å². The van der Waals surface area contributed by atoms with E-state index < -0.39 is 23.2 Å². The van der Waals surface area contributed by atoms with Crippen LogP contribution in [0.2, 0.25) is 0 Å². The molecule has 1 rings (SSSR count). The SMILES string of the molecule is C=C(C(=O)OC1CSCCCS1)C(F)(F)F. The molecule has 0 amide bonds. The van der Waals surface area contributed by atoms with Gasteiger partial charge in [0.1, 0.15) is 5.57 Å². The van der Waals surface area contributed by atoms with Crippen LogP contribution in [0.15, 0.2) is 12.2 Å². The summed E-state index contributed by atoms with van der Waals surface area (Å²) in [6.07, 6.45) is -3.73. The van der Waals surface area contributed by atoms with Gasteiger partial charge in [-0.1, -0.05) is 6.58 Å². The number of carbonyl (C=O) groups excluding carboxylic acids is 1. The van der Waals surface area contributed by atoms with Crippen LogP contribution in [0.1, 0.15) is 6.42 Å². The highest BCUT2D eigenvalue weighted by Crippen LogP contribution is 2.28. The fraction of sp³-hybridized carbons (Fsp3) is 0.667. The first-order valence-electron chi connectivity index (χ1n) is 4.57. The van der Waals surface area contributed by atoms with E-state index in [1.165, 1.54) is 11.8 Å². The molecule has 1 atom stereocenters. The van der Waals surface area contributed by atoms with E-state index >= 15 is 0 Å². The predicted molar refractivity (Wildman–Crippen MR) is 59.5 cm³/mol. The van der Waals surface area contributed by atoms with Crippen LogP contribution in [0.3, 0.4) is 0 Å². The van der Waals surface area contributed by atoms with Gasteiger partial charge in [0.25, 0.3) is 0 Å². The van der Waals surface area contributed by atoms with Crippen LogP contribution in [0.5, 0.6) is 0 Å². The topological polar surface area (TPSA) is 26.3 Å². The zero-order valence-electron chi connectivity index (χ0n) is 8.38. The second-order valence-corrected chi connectivity index (χ2v) is 5.53. The smallest absolute Gasteiger partial charge is 0.422 e. The lowest BCUT2D eigenvalue weighted by Crippen LogP contribution is -2.25. The van der Waals surface area contributed by atoms with E-state index in [0.29, 0.717) is 5.75 Å². The fourth-order valence-electron chi connectivity index (χ4n) is 0.978. The molecule has 1 fully saturated rings. The van der Waals surface area contributed by atoms with E-state index in [9.17, 15) is 18.0 Å². The minimum absolute atomic E-state index is 0.501. The van der Waals surface area contributed by atoms with Crippen LogP contribution < -0.4 is 0 Å². The normalized spacial score (nSPS) is 22.3. The van der Waals surface area contributed by atoms with Crippen molar-refractivity contribution in [3.63, 3.8) is 0 Å². The van der Waals surface area contributed by atoms with E-state index in [1.54, 1.807) is 11.8 Å². The molecule has 16 heavy (non-hydrogen) atoms. The standard InChI is InChI=1S/C9H11F3O2S2/c1-6(9(10,11)12)8(13)14-7-5-15-3-2-4-16-7/h7H,1-5H2. The molecule has 0 aromatic rings. The Hall–Kier alpha value is -0.300. The minimum atomic E-state index is -4.71. The minimum Gasteiger partial charge on any atom is -0.447 e. The number of hydrogen-bond donors (Lipinski definition) is 0. The molecule has 0 aromatic heterocycles. The Balaban J connectivity index is 2.47. The summed E-state index contributed by atoms with van der Waals surface area (Å²) in [6, 6.07) is 0. The Kier molecular flexibility index (Phi) is 5.04. The first-order valence-corrected chi connectivity index (χ1v) is 6.78. The van der Waals surface area contributed by atoms with E-state index in [-0.39, 0.29) is 0 Å². The lowest BCUT2D eigenvalue weighted by molar-refractivity contribution is -0.151. The highest BCUT2D eigenvalue weighted by atomic mass is 32.2. The third kappa shape index (κ3) is 4.29. The second-order valence-electron chi connectivity index (χ2n) is 3.11. The molecule has 0 N–H and O–H groups in total. The third-order valence-electron chi connectivity index (χ3n) is 1.82. The zero-order chi connectivity index (χ0) is 12.2. The van der Waals surface area contributed by atoms with Crippen molar-refractivity contribution in [2.75, 3.05) is 17.3 Å². The summed E-state index contributed by atoms with van der Waals surface area (Å²) in [5, 5.41) is 0. The molecular weight excluding hydrogens is 261 g/mol. The Labute approximate surface area is 100.0 Å². The fourth-order valence-corrected chi connectivity index (χ4v) is 3.34. The summed E-state index contributed by atoms with van der Waals surface area (Å²) < 4.78 is 41.1. The Morgan fingerprint density at radius 3 is 2.69 bits per heavy atom. The number of halogens is 3. The summed E-state index contributed by atoms with van der Waals surface area (Å²) in [5.74, 6) is 0.902. The molecular formula is C9H11F3O2S2. The van der Waals surface area contributed by atoms with Gasteiger partial charge < -0.3 is 4.74 Å². The number of esters is 1. The first kappa shape index (κ1) is 13.8. The van der Waals surface area contributed by atoms with Crippen LogP contribution in [-0.2, 0) is 9.53 Å². The summed E-state index contributed by atoms with van der Waals surface area (Å²) in [6.45, 7) is 2.70. The predicted octanol–water partition coefficient (Wildman–Crippen LogP) is 2.84. The van der Waals surface area contributed by atoms with Crippen molar-refractivity contribution in [2.45, 2.75) is 18.0 Å². The lowest BCUT2D eigenvalue weighted by Gasteiger charge is -2.16. The van der Waals surface area contributed by atoms with Crippen molar-refractivity contribution in [3.8, 4) is 0 Å². The van der Waals surface area contributed by atoms with Gasteiger partial charge in [-0.25, -0.2) is 4.79 Å². The molecule has 0 radical (unpaired) electrons. The molecule has 0 bridgehead atoms. The van der Waals surface area contributed by atoms with E-state index in [2.05, 4.69) is 6.58 Å². The molecule has 7 heteroatoms. The van der Waals surface area contributed by atoms with E-state index in [4.69, 9.17) is 4.74 Å². The van der Waals surface area contributed by atoms with Crippen molar-refractivity contribution in [3.05, 3.63) is 12.2 Å². The average molecular weight is 272 g/mol. The van der Waals surface area contributed by atoms with Crippen molar-refractivity contribution in [1.82, 2.24) is 0 Å². The molecule has 1 aliphatic heterocycles. The van der Waals surface area contributed by atoms with Crippen LogP contribution in [0.4, 0.5) is 13.2 Å². The molecule has 1 saturated heterocycles. The summed E-state index contributed by atoms with van der Waals surface area (Å²) in [4.78, 5) is 11.1. The highest BCUT2D eigenvalue weighted by molar-refractivity contribution is 8.03. The molecule has 1 aliphatic rings. The summed E-state index contributed by atoms with van der Waals surface area (Å²) in [7, 11) is 0. The average Bonchev–Trinajstić information content (AvgIpc) is 2.43. The van der Waals surface area contributed by atoms with Crippen molar-refractivity contribution in [2.24, 2.45) is 0 Å². The number of carbonyl (C=O) groups is 1. The van der Waals surface area contributed by atoms with Crippen molar-refractivity contribution in [1.29, 1.82) is 0 Å². The largest absolute Gasteiger partial charge is 0.447 e. The van der Waals surface area contributed by atoms with Gasteiger partial charge in [0.2, 0.25) is 0 Å². The monoisotopic (exact) mass is 272 g/mol. The van der Waals surface area contributed by atoms with Crippen LogP contribution in [0.25, 0.3) is 0 Å². The second kappa shape index (κ2) is 5.86. The van der Waals surface area contributed by atoms with Crippen LogP contribution in [0, 0.1) is 0 Å². The molecule has 0 spiro atoms. The summed E-state index contributed by atoms with van der Waals surface area (Å²) >= 11 is 2.94. The van der Waals surface area contributed by atoms with Gasteiger partial charge in [-0.2, -0.15) is 24.9 Å². The van der Waals surface area contributed by atoms with Gasteiger partial charge in [0.05, 0.1) is 0 Å². The van der Waals surface area contributed by atoms with Gasteiger partial charge in [0.15, 0.2) is 5.44 Å². The maximum Gasteiger partial charge on any atom is 0.422 e. The molecule has 2 nitrogen and oxygen atoms in total. The van der Waals surface area contributed by atoms with Gasteiger partial charge in [0, 0.05) is 5.75 Å². The van der Waals surface area contributed by atoms with Gasteiger partial charge in [-0.05, 0) is 17.9 Å². The molecule has 1 unspecified atom stereocenters. The van der Waals surface area contributed by atoms with Gasteiger partial charge >= 0.3 is 12.1 Å². The number of alkyl halides is 3. The molecule has 0 aromatic carbocycles. The van der Waals surface area contributed by atoms with Gasteiger partial charge in [-0.3, -0.25) is 0 Å². The molecule has 1 heterocycles. The lowest BCUT2D eigenvalue weighted by atomic mass is 10.3. The van der Waals surface area contributed by atoms with Crippen LogP contribution >= 0.6 is 23.5 Å². The highest BCUT2D eigenvalue weighted by Gasteiger charge is 2.38. The number of hydrogen-bond acceptors (Lipinski definition) is 4. The number of thioether (sulfide) groups is 2. The van der Waals surface area contributed by atoms with E-state index in [0.717, 1.165) is 17.9 Å². The number of rotatable bonds is 2. The maximum atomic E-state index is 12.1. The Morgan fingerprint density at radius 1 is 1.38 bits per heavy atom. The third-order valence-corrected chi connectivity index (χ3v) is 4.30. The first-order chi connectivity index (χ1) is 7.41. The summed E-state index contributed by atoms with van der Waals surface area (Å²) in [5.41, 5.74) is -1.94. The van der Waals surface area contributed by atoms with Gasteiger partial charge in [-0.15, -0.1) is 11.8 Å². The number of ether oxygens (including phenoxy) is 1.